The Kier molecular flexibility index (Phi) is 8.25. The molecule has 1 saturated heterocycles. The Hall–Kier alpha value is -3.99. The summed E-state index contributed by atoms with van der Waals surface area (Å²) in [5.41, 5.74) is 2.08. The molecule has 9 nitrogen and oxygen atoms in total. The number of halogens is 3. The van der Waals surface area contributed by atoms with Crippen molar-refractivity contribution in [1.29, 1.82) is 0 Å². The summed E-state index contributed by atoms with van der Waals surface area (Å²) in [6, 6.07) is 6.92. The van der Waals surface area contributed by atoms with E-state index in [1.165, 1.54) is 12.0 Å². The van der Waals surface area contributed by atoms with Gasteiger partial charge in [0, 0.05) is 24.4 Å². The molecule has 2 N–H and O–H groups in total. The largest absolute Gasteiger partial charge is 0.469 e. The van der Waals surface area contributed by atoms with Gasteiger partial charge in [-0.05, 0) is 36.6 Å². The number of methoxy groups -OCH3 is 1. The summed E-state index contributed by atoms with van der Waals surface area (Å²) in [7, 11) is 1.31. The second-order valence-electron chi connectivity index (χ2n) is 10.3. The Morgan fingerprint density at radius 3 is 2.76 bits per heavy atom. The maximum absolute atomic E-state index is 14.6. The van der Waals surface area contributed by atoms with E-state index < -0.39 is 35.8 Å². The normalized spacial score (nSPS) is 21.2. The Bertz CT molecular complexity index is 1500. The third kappa shape index (κ3) is 5.90. The van der Waals surface area contributed by atoms with Crippen LogP contribution in [0, 0.1) is 17.6 Å². The van der Waals surface area contributed by atoms with Crippen LogP contribution in [0.3, 0.4) is 0 Å². The van der Waals surface area contributed by atoms with Crippen LogP contribution in [0.25, 0.3) is 11.3 Å². The van der Waals surface area contributed by atoms with Crippen LogP contribution in [0.5, 0.6) is 0 Å². The van der Waals surface area contributed by atoms with Gasteiger partial charge in [-0.15, -0.1) is 0 Å². The zero-order chi connectivity index (χ0) is 29.3. The molecule has 3 atom stereocenters. The number of aromatic amines is 1. The highest BCUT2D eigenvalue weighted by atomic mass is 35.5. The number of nitrogens with one attached hydrogen (secondary N) is 2. The number of cyclic esters (lactones) is 1. The van der Waals surface area contributed by atoms with E-state index in [2.05, 4.69) is 15.3 Å². The van der Waals surface area contributed by atoms with E-state index in [1.54, 1.807) is 24.4 Å². The molecule has 0 radical (unpaired) electrons. The first-order chi connectivity index (χ1) is 19.7. The fraction of sp³-hybridized carbons (Fsp3) is 0.379. The van der Waals surface area contributed by atoms with Crippen LogP contribution in [-0.2, 0) is 25.5 Å². The Morgan fingerprint density at radius 1 is 1.20 bits per heavy atom. The van der Waals surface area contributed by atoms with Crippen LogP contribution in [0.4, 0.5) is 19.3 Å². The predicted octanol–water partition coefficient (Wildman–Crippen LogP) is 6.11. The third-order valence-corrected chi connectivity index (χ3v) is 7.86. The van der Waals surface area contributed by atoms with Gasteiger partial charge in [0.05, 0.1) is 47.7 Å². The first-order valence-corrected chi connectivity index (χ1v) is 13.7. The van der Waals surface area contributed by atoms with Crippen molar-refractivity contribution < 1.29 is 32.6 Å². The van der Waals surface area contributed by atoms with Crippen LogP contribution in [0.1, 0.15) is 61.7 Å². The minimum atomic E-state index is -1.12. The number of benzene rings is 2. The van der Waals surface area contributed by atoms with E-state index in [9.17, 15) is 23.2 Å². The molecule has 216 valence electrons. The number of hydrogen-bond acceptors (Lipinski definition) is 6. The molecule has 2 amide bonds. The minimum Gasteiger partial charge on any atom is -0.469 e. The van der Waals surface area contributed by atoms with Crippen molar-refractivity contribution in [3.8, 4) is 11.3 Å². The van der Waals surface area contributed by atoms with Gasteiger partial charge in [-0.3, -0.25) is 14.5 Å². The van der Waals surface area contributed by atoms with E-state index in [1.807, 2.05) is 6.92 Å². The average molecular weight is 587 g/mol. The number of fused-ring (bicyclic) bond motifs is 4. The molecule has 2 bridgehead atoms. The maximum Gasteiger partial charge on any atom is 0.411 e. The summed E-state index contributed by atoms with van der Waals surface area (Å²) in [6.07, 6.45) is 1.58. The highest BCUT2D eigenvalue weighted by molar-refractivity contribution is 6.30. The fourth-order valence-electron chi connectivity index (χ4n) is 5.29. The van der Waals surface area contributed by atoms with Crippen molar-refractivity contribution in [1.82, 2.24) is 14.9 Å². The zero-order valence-corrected chi connectivity index (χ0v) is 23.3. The molecule has 2 aromatic carbocycles. The number of hydrogen-bond donors (Lipinski definition) is 2. The number of carbonyl (C=O) groups is 3. The van der Waals surface area contributed by atoms with Crippen molar-refractivity contribution in [3.05, 3.63) is 70.1 Å². The highest BCUT2D eigenvalue weighted by Crippen LogP contribution is 2.38. The molecule has 12 heteroatoms. The quantitative estimate of drug-likeness (QED) is 0.282. The summed E-state index contributed by atoms with van der Waals surface area (Å²) in [6.45, 7) is 1.99. The number of imidazole rings is 1. The van der Waals surface area contributed by atoms with Crippen LogP contribution < -0.4 is 5.32 Å². The molecule has 1 fully saturated rings. The number of nitrogens with zero attached hydrogens (tertiary/aromatic N) is 2. The van der Waals surface area contributed by atoms with Gasteiger partial charge in [0.25, 0.3) is 0 Å². The summed E-state index contributed by atoms with van der Waals surface area (Å²) in [5, 5.41) is 2.73. The van der Waals surface area contributed by atoms with Gasteiger partial charge in [-0.2, -0.15) is 0 Å². The summed E-state index contributed by atoms with van der Waals surface area (Å²) in [5.74, 6) is -2.18. The lowest BCUT2D eigenvalue weighted by atomic mass is 9.97. The highest BCUT2D eigenvalue weighted by Gasteiger charge is 2.37. The number of rotatable bonds is 4. The van der Waals surface area contributed by atoms with Gasteiger partial charge in [0.15, 0.2) is 5.82 Å². The van der Waals surface area contributed by atoms with Gasteiger partial charge in [0.2, 0.25) is 5.91 Å². The molecule has 3 aromatic rings. The molecule has 5 rings (SSSR count). The number of anilines is 1. The minimum absolute atomic E-state index is 0.0482. The van der Waals surface area contributed by atoms with Crippen LogP contribution in [-0.4, -0.2) is 46.5 Å². The first kappa shape index (κ1) is 28.5. The molecular formula is C29H29ClF2N4O5. The molecule has 2 aliphatic rings. The number of esters is 1. The van der Waals surface area contributed by atoms with Gasteiger partial charge in [-0.25, -0.2) is 18.6 Å². The average Bonchev–Trinajstić information content (AvgIpc) is 3.43. The van der Waals surface area contributed by atoms with E-state index in [0.29, 0.717) is 47.6 Å². The topological polar surface area (TPSA) is 114 Å². The molecule has 2 aliphatic heterocycles. The standard InChI is InChI=1S/C29H29ClF2N4O5/c1-15-4-3-5-22(36-11-10-23(41-29(36)39)25-19(31)9-8-18(30)26(25)32)27-33-14-21(34-27)17-7-6-16(13-24(37)40-2)12-20(17)35-28(15)38/h6-9,12,14-15,22-23H,3-5,10-11,13H2,1-2H3,(H,33,34)(H,35,38)/t15-,22+,23?/m1/s1. The molecule has 41 heavy (non-hydrogen) atoms. The monoisotopic (exact) mass is 586 g/mol. The van der Waals surface area contributed by atoms with Gasteiger partial charge in [-0.1, -0.05) is 37.1 Å². The summed E-state index contributed by atoms with van der Waals surface area (Å²) >= 11 is 5.85. The summed E-state index contributed by atoms with van der Waals surface area (Å²) in [4.78, 5) is 47.4. The SMILES string of the molecule is COC(=O)Cc1ccc2c(c1)NC(=O)[C@H](C)CCC[C@H](N1CCC(c3c(F)ccc(Cl)c3F)OC1=O)c1ncc-2[nH]1. The van der Waals surface area contributed by atoms with Crippen LogP contribution >= 0.6 is 11.6 Å². The van der Waals surface area contributed by atoms with Crippen molar-refractivity contribution in [3.63, 3.8) is 0 Å². The smallest absolute Gasteiger partial charge is 0.411 e. The van der Waals surface area contributed by atoms with Crippen molar-refractivity contribution in [2.75, 3.05) is 19.0 Å². The van der Waals surface area contributed by atoms with Gasteiger partial charge < -0.3 is 19.8 Å². The second kappa shape index (κ2) is 11.9. The molecular weight excluding hydrogens is 558 g/mol. The number of amides is 2. The number of H-pyrrole nitrogens is 1. The lowest BCUT2D eigenvalue weighted by Gasteiger charge is -2.36. The van der Waals surface area contributed by atoms with E-state index in [4.69, 9.17) is 21.1 Å². The number of ether oxygens (including phenoxy) is 2. The lowest BCUT2D eigenvalue weighted by molar-refractivity contribution is -0.139. The van der Waals surface area contributed by atoms with E-state index in [-0.39, 0.29) is 41.8 Å². The van der Waals surface area contributed by atoms with Gasteiger partial charge >= 0.3 is 12.1 Å². The molecule has 1 aromatic heterocycles. The Balaban J connectivity index is 1.45. The van der Waals surface area contributed by atoms with Gasteiger partial charge in [0.1, 0.15) is 17.7 Å². The predicted molar refractivity (Wildman–Crippen MR) is 146 cm³/mol. The Labute approximate surface area is 240 Å². The van der Waals surface area contributed by atoms with Crippen molar-refractivity contribution in [2.45, 2.75) is 51.2 Å². The zero-order valence-electron chi connectivity index (χ0n) is 22.5. The molecule has 0 aliphatic carbocycles. The van der Waals surface area contributed by atoms with Crippen molar-refractivity contribution >= 4 is 35.3 Å². The van der Waals surface area contributed by atoms with Crippen LogP contribution in [0.2, 0.25) is 5.02 Å². The fourth-order valence-corrected chi connectivity index (χ4v) is 5.45. The second-order valence-corrected chi connectivity index (χ2v) is 10.7. The molecule has 3 heterocycles. The van der Waals surface area contributed by atoms with Crippen LogP contribution in [0.15, 0.2) is 36.5 Å². The number of carbonyl (C=O) groups excluding carboxylic acids is 3. The van der Waals surface area contributed by atoms with Crippen molar-refractivity contribution in [2.24, 2.45) is 5.92 Å². The lowest BCUT2D eigenvalue weighted by Crippen LogP contribution is -2.42. The maximum atomic E-state index is 14.6. The molecule has 1 unspecified atom stereocenters. The molecule has 0 spiro atoms. The Morgan fingerprint density at radius 2 is 2.00 bits per heavy atom. The third-order valence-electron chi connectivity index (χ3n) is 7.57. The number of aromatic nitrogens is 2. The molecule has 0 saturated carbocycles. The first-order valence-electron chi connectivity index (χ1n) is 13.3. The van der Waals surface area contributed by atoms with E-state index in [0.717, 1.165) is 12.1 Å². The van der Waals surface area contributed by atoms with E-state index >= 15 is 0 Å². The summed E-state index contributed by atoms with van der Waals surface area (Å²) < 4.78 is 39.4.